The summed E-state index contributed by atoms with van der Waals surface area (Å²) in [6.45, 7) is 4.36. The summed E-state index contributed by atoms with van der Waals surface area (Å²) in [7, 11) is 0. The number of hydrogen-bond acceptors (Lipinski definition) is 5. The molecule has 6 heteroatoms. The number of nitrogens with zero attached hydrogens (tertiary/aromatic N) is 1. The summed E-state index contributed by atoms with van der Waals surface area (Å²) in [6.07, 6.45) is 1.54. The molecule has 0 aliphatic carbocycles. The van der Waals surface area contributed by atoms with Gasteiger partial charge in [0.1, 0.15) is 0 Å². The maximum atomic E-state index is 11.0. The van der Waals surface area contributed by atoms with Gasteiger partial charge in [-0.3, -0.25) is 4.79 Å². The van der Waals surface area contributed by atoms with Crippen molar-refractivity contribution in [3.63, 3.8) is 0 Å². The highest BCUT2D eigenvalue weighted by Gasteiger charge is 2.32. The molecular formula is C10H14N2O3S. The summed E-state index contributed by atoms with van der Waals surface area (Å²) in [5, 5.41) is 0.612. The second-order valence-corrected chi connectivity index (χ2v) is 5.01. The third-order valence-electron chi connectivity index (χ3n) is 2.12. The van der Waals surface area contributed by atoms with Crippen molar-refractivity contribution in [3.05, 3.63) is 22.6 Å². The lowest BCUT2D eigenvalue weighted by Gasteiger charge is -2.16. The normalized spacial score (nSPS) is 23.5. The molecule has 1 fully saturated rings. The molecule has 1 saturated heterocycles. The summed E-state index contributed by atoms with van der Waals surface area (Å²) in [5.41, 5.74) is -0.138. The van der Waals surface area contributed by atoms with Crippen LogP contribution in [0.4, 0.5) is 0 Å². The summed E-state index contributed by atoms with van der Waals surface area (Å²) in [4.78, 5) is 17.7. The van der Waals surface area contributed by atoms with Crippen LogP contribution in [0.3, 0.4) is 0 Å². The van der Waals surface area contributed by atoms with E-state index in [4.69, 9.17) is 9.47 Å². The molecule has 1 atom stereocenters. The maximum Gasteiger partial charge on any atom is 0.251 e. The summed E-state index contributed by atoms with van der Waals surface area (Å²) < 4.78 is 11.1. The Morgan fingerprint density at radius 2 is 2.50 bits per heavy atom. The smallest absolute Gasteiger partial charge is 0.251 e. The molecule has 2 rings (SSSR count). The highest BCUT2D eigenvalue weighted by atomic mass is 32.2. The number of rotatable bonds is 3. The van der Waals surface area contributed by atoms with E-state index in [-0.39, 0.29) is 11.7 Å². The van der Waals surface area contributed by atoms with Crippen molar-refractivity contribution in [1.29, 1.82) is 0 Å². The van der Waals surface area contributed by atoms with Crippen LogP contribution >= 0.6 is 11.8 Å². The van der Waals surface area contributed by atoms with E-state index in [1.54, 1.807) is 0 Å². The molecule has 0 saturated carbocycles. The van der Waals surface area contributed by atoms with E-state index in [1.807, 2.05) is 13.8 Å². The van der Waals surface area contributed by atoms with Crippen molar-refractivity contribution >= 4 is 11.8 Å². The van der Waals surface area contributed by atoms with Crippen molar-refractivity contribution in [2.75, 3.05) is 12.4 Å². The van der Waals surface area contributed by atoms with Crippen LogP contribution in [0.25, 0.3) is 0 Å². The van der Waals surface area contributed by atoms with E-state index in [2.05, 4.69) is 9.97 Å². The van der Waals surface area contributed by atoms with E-state index in [0.717, 1.165) is 5.75 Å². The summed E-state index contributed by atoms with van der Waals surface area (Å²) in [6, 6.07) is 1.39. The Morgan fingerprint density at radius 1 is 1.69 bits per heavy atom. The zero-order valence-electron chi connectivity index (χ0n) is 9.23. The van der Waals surface area contributed by atoms with Crippen molar-refractivity contribution in [2.24, 2.45) is 0 Å². The van der Waals surface area contributed by atoms with E-state index < -0.39 is 5.79 Å². The van der Waals surface area contributed by atoms with Gasteiger partial charge in [-0.05, 0) is 13.8 Å². The SMILES string of the molecule is CC1(C)OCC(CSc2nccc(=O)[nH]2)O1. The van der Waals surface area contributed by atoms with Crippen LogP contribution in [0.5, 0.6) is 0 Å². The van der Waals surface area contributed by atoms with Crippen LogP contribution < -0.4 is 5.56 Å². The van der Waals surface area contributed by atoms with E-state index >= 15 is 0 Å². The number of thioether (sulfide) groups is 1. The fourth-order valence-corrected chi connectivity index (χ4v) is 2.26. The van der Waals surface area contributed by atoms with Crippen molar-refractivity contribution in [2.45, 2.75) is 30.9 Å². The predicted molar refractivity (Wildman–Crippen MR) is 60.5 cm³/mol. The molecule has 16 heavy (non-hydrogen) atoms. The van der Waals surface area contributed by atoms with Crippen LogP contribution in [0.15, 0.2) is 22.2 Å². The largest absolute Gasteiger partial charge is 0.348 e. The zero-order valence-corrected chi connectivity index (χ0v) is 10.0. The van der Waals surface area contributed by atoms with Gasteiger partial charge in [0, 0.05) is 18.0 Å². The highest BCUT2D eigenvalue weighted by molar-refractivity contribution is 7.99. The predicted octanol–water partition coefficient (Wildman–Crippen LogP) is 1.01. The van der Waals surface area contributed by atoms with Gasteiger partial charge in [0.2, 0.25) is 0 Å². The highest BCUT2D eigenvalue weighted by Crippen LogP contribution is 2.25. The minimum atomic E-state index is -0.497. The Bertz CT molecular complexity index is 419. The first kappa shape index (κ1) is 11.6. The molecule has 0 bridgehead atoms. The minimum absolute atomic E-state index is 0.0468. The maximum absolute atomic E-state index is 11.0. The standard InChI is InChI=1S/C10H14N2O3S/c1-10(2)14-5-7(15-10)6-16-9-11-4-3-8(13)12-9/h3-4,7H,5-6H2,1-2H3,(H,11,12,13). The van der Waals surface area contributed by atoms with Crippen LogP contribution in [0.1, 0.15) is 13.8 Å². The molecule has 1 unspecified atom stereocenters. The molecule has 5 nitrogen and oxygen atoms in total. The van der Waals surface area contributed by atoms with Crippen LogP contribution in [0, 0.1) is 0 Å². The second kappa shape index (κ2) is 4.57. The molecule has 1 aromatic rings. The fourth-order valence-electron chi connectivity index (χ4n) is 1.44. The molecule has 0 radical (unpaired) electrons. The van der Waals surface area contributed by atoms with E-state index in [9.17, 15) is 4.79 Å². The quantitative estimate of drug-likeness (QED) is 0.633. The lowest BCUT2D eigenvalue weighted by molar-refractivity contribution is -0.135. The molecule has 1 N–H and O–H groups in total. The Hall–Kier alpha value is -0.850. The van der Waals surface area contributed by atoms with Gasteiger partial charge < -0.3 is 14.5 Å². The molecule has 1 aliphatic heterocycles. The molecule has 0 aromatic carbocycles. The second-order valence-electron chi connectivity index (χ2n) is 4.00. The molecule has 2 heterocycles. The molecule has 0 amide bonds. The number of ether oxygens (including phenoxy) is 2. The Morgan fingerprint density at radius 3 is 3.12 bits per heavy atom. The molecular weight excluding hydrogens is 228 g/mol. The van der Waals surface area contributed by atoms with Crippen molar-refractivity contribution in [1.82, 2.24) is 9.97 Å². The summed E-state index contributed by atoms with van der Waals surface area (Å²) >= 11 is 1.46. The van der Waals surface area contributed by atoms with Gasteiger partial charge in [-0.2, -0.15) is 0 Å². The van der Waals surface area contributed by atoms with Gasteiger partial charge in [0.05, 0.1) is 12.7 Å². The Balaban J connectivity index is 1.87. The van der Waals surface area contributed by atoms with Crippen molar-refractivity contribution < 1.29 is 9.47 Å². The molecule has 0 spiro atoms. The molecule has 88 valence electrons. The number of aromatic nitrogens is 2. The third kappa shape index (κ3) is 3.07. The monoisotopic (exact) mass is 242 g/mol. The van der Waals surface area contributed by atoms with E-state index in [0.29, 0.717) is 11.8 Å². The number of hydrogen-bond donors (Lipinski definition) is 1. The minimum Gasteiger partial charge on any atom is -0.348 e. The lowest BCUT2D eigenvalue weighted by atomic mass is 10.4. The van der Waals surface area contributed by atoms with Gasteiger partial charge in [0.25, 0.3) is 5.56 Å². The molecule has 1 aliphatic rings. The number of nitrogens with one attached hydrogen (secondary N) is 1. The average Bonchev–Trinajstić information content (AvgIpc) is 2.56. The molecule has 1 aromatic heterocycles. The van der Waals surface area contributed by atoms with Gasteiger partial charge in [-0.15, -0.1) is 0 Å². The Kier molecular flexibility index (Phi) is 3.32. The third-order valence-corrected chi connectivity index (χ3v) is 3.14. The van der Waals surface area contributed by atoms with Crippen LogP contribution in [-0.4, -0.2) is 34.2 Å². The van der Waals surface area contributed by atoms with Gasteiger partial charge in [-0.1, -0.05) is 11.8 Å². The van der Waals surface area contributed by atoms with Gasteiger partial charge in [0.15, 0.2) is 10.9 Å². The van der Waals surface area contributed by atoms with Gasteiger partial charge in [-0.25, -0.2) is 4.98 Å². The number of H-pyrrole nitrogens is 1. The Labute approximate surface area is 97.6 Å². The lowest BCUT2D eigenvalue weighted by Crippen LogP contribution is -2.22. The zero-order chi connectivity index (χ0) is 11.6. The van der Waals surface area contributed by atoms with Crippen LogP contribution in [0.2, 0.25) is 0 Å². The topological polar surface area (TPSA) is 64.2 Å². The average molecular weight is 242 g/mol. The first-order valence-corrected chi connectivity index (χ1v) is 6.04. The first-order chi connectivity index (χ1) is 7.55. The fraction of sp³-hybridized carbons (Fsp3) is 0.600. The first-order valence-electron chi connectivity index (χ1n) is 5.05. The van der Waals surface area contributed by atoms with Crippen LogP contribution in [-0.2, 0) is 9.47 Å². The van der Waals surface area contributed by atoms with E-state index in [1.165, 1.54) is 24.0 Å². The van der Waals surface area contributed by atoms with Crippen molar-refractivity contribution in [3.8, 4) is 0 Å². The van der Waals surface area contributed by atoms with Gasteiger partial charge >= 0.3 is 0 Å². The number of aromatic amines is 1. The summed E-state index contributed by atoms with van der Waals surface area (Å²) in [5.74, 6) is 0.221.